The minimum atomic E-state index is -0.231. The first-order valence-corrected chi connectivity index (χ1v) is 6.48. The van der Waals surface area contributed by atoms with E-state index >= 15 is 0 Å². The zero-order valence-corrected chi connectivity index (χ0v) is 10.7. The number of nitrogens with one attached hydrogen (secondary N) is 1. The summed E-state index contributed by atoms with van der Waals surface area (Å²) in [5.74, 6) is 1.28. The number of benzene rings is 2. The summed E-state index contributed by atoms with van der Waals surface area (Å²) in [5.41, 5.74) is 2.84. The van der Waals surface area contributed by atoms with Crippen LogP contribution in [0.15, 0.2) is 42.5 Å². The van der Waals surface area contributed by atoms with E-state index in [1.807, 2.05) is 24.3 Å². The number of hydrogen-bond acceptors (Lipinski definition) is 2. The first kappa shape index (κ1) is 11.3. The Morgan fingerprint density at radius 2 is 1.75 bits per heavy atom. The van der Waals surface area contributed by atoms with Gasteiger partial charge >= 0.3 is 0 Å². The lowest BCUT2D eigenvalue weighted by Gasteiger charge is -2.18. The molecule has 0 aliphatic carbocycles. The van der Waals surface area contributed by atoms with E-state index in [1.54, 1.807) is 6.07 Å². The summed E-state index contributed by atoms with van der Waals surface area (Å²) in [4.78, 5) is 3.28. The Hall–Kier alpha value is -2.49. The van der Waals surface area contributed by atoms with E-state index in [9.17, 15) is 4.39 Å². The third kappa shape index (κ3) is 1.81. The fraction of sp³-hybridized carbons (Fsp3) is 0.125. The molecule has 4 heteroatoms. The van der Waals surface area contributed by atoms with Crippen LogP contribution >= 0.6 is 0 Å². The number of ether oxygens (including phenoxy) is 2. The second-order valence-electron chi connectivity index (χ2n) is 4.77. The highest BCUT2D eigenvalue weighted by molar-refractivity contribution is 5.86. The van der Waals surface area contributed by atoms with Gasteiger partial charge in [-0.15, -0.1) is 0 Å². The summed E-state index contributed by atoms with van der Waals surface area (Å²) in [6.07, 6.45) is 0. The Morgan fingerprint density at radius 1 is 0.900 bits per heavy atom. The van der Waals surface area contributed by atoms with Crippen LogP contribution < -0.4 is 9.47 Å². The van der Waals surface area contributed by atoms with Gasteiger partial charge in [-0.05, 0) is 42.5 Å². The van der Waals surface area contributed by atoms with Gasteiger partial charge in [-0.3, -0.25) is 0 Å². The summed E-state index contributed by atoms with van der Waals surface area (Å²) < 4.78 is 24.3. The van der Waals surface area contributed by atoms with Crippen LogP contribution in [0.2, 0.25) is 0 Å². The van der Waals surface area contributed by atoms with Crippen molar-refractivity contribution < 1.29 is 13.9 Å². The van der Waals surface area contributed by atoms with Gasteiger partial charge in [-0.25, -0.2) is 4.39 Å². The van der Waals surface area contributed by atoms with Crippen LogP contribution in [0.1, 0.15) is 0 Å². The number of rotatable bonds is 1. The van der Waals surface area contributed by atoms with Crippen molar-refractivity contribution in [3.05, 3.63) is 48.3 Å². The SMILES string of the molecule is Fc1ccc2[nH]c(-c3ccc4c(c3)OCCO4)cc2c1. The average Bonchev–Trinajstić information content (AvgIpc) is 2.89. The minimum absolute atomic E-state index is 0.231. The number of aromatic amines is 1. The number of aromatic nitrogens is 1. The highest BCUT2D eigenvalue weighted by Gasteiger charge is 2.13. The van der Waals surface area contributed by atoms with Crippen molar-refractivity contribution in [3.63, 3.8) is 0 Å². The standard InChI is InChI=1S/C16H12FNO2/c17-12-2-3-13-11(7-12)8-14(18-13)10-1-4-15-16(9-10)20-6-5-19-15/h1-4,7-9,18H,5-6H2. The maximum Gasteiger partial charge on any atom is 0.162 e. The molecule has 1 N–H and O–H groups in total. The maximum atomic E-state index is 13.2. The van der Waals surface area contributed by atoms with Gasteiger partial charge in [0.1, 0.15) is 19.0 Å². The smallest absolute Gasteiger partial charge is 0.162 e. The summed E-state index contributed by atoms with van der Waals surface area (Å²) in [5, 5.41) is 0.856. The molecule has 0 saturated heterocycles. The molecule has 0 atom stereocenters. The molecular weight excluding hydrogens is 257 g/mol. The van der Waals surface area contributed by atoms with Gasteiger partial charge in [0.15, 0.2) is 11.5 Å². The van der Waals surface area contributed by atoms with Crippen molar-refractivity contribution in [2.75, 3.05) is 13.2 Å². The Labute approximate surface area is 114 Å². The van der Waals surface area contributed by atoms with Crippen LogP contribution in [0.4, 0.5) is 4.39 Å². The second kappa shape index (κ2) is 4.27. The molecule has 1 aromatic heterocycles. The topological polar surface area (TPSA) is 34.2 Å². The van der Waals surface area contributed by atoms with Crippen molar-refractivity contribution in [2.24, 2.45) is 0 Å². The Bertz CT molecular complexity index is 794. The number of fused-ring (bicyclic) bond motifs is 2. The molecule has 3 nitrogen and oxygen atoms in total. The molecule has 0 saturated carbocycles. The lowest BCUT2D eigenvalue weighted by atomic mass is 10.1. The van der Waals surface area contributed by atoms with Gasteiger partial charge in [0.05, 0.1) is 0 Å². The molecule has 3 aromatic rings. The summed E-state index contributed by atoms with van der Waals surface area (Å²) >= 11 is 0. The van der Waals surface area contributed by atoms with E-state index in [0.717, 1.165) is 33.7 Å². The van der Waals surface area contributed by atoms with Crippen LogP contribution in [0.5, 0.6) is 11.5 Å². The highest BCUT2D eigenvalue weighted by Crippen LogP contribution is 2.35. The Balaban J connectivity index is 1.82. The van der Waals surface area contributed by atoms with E-state index in [4.69, 9.17) is 9.47 Å². The molecule has 4 rings (SSSR count). The van der Waals surface area contributed by atoms with Crippen molar-refractivity contribution in [3.8, 4) is 22.8 Å². The number of halogens is 1. The second-order valence-corrected chi connectivity index (χ2v) is 4.77. The zero-order chi connectivity index (χ0) is 13.5. The van der Waals surface area contributed by atoms with Crippen molar-refractivity contribution in [1.29, 1.82) is 0 Å². The molecule has 0 amide bonds. The first-order chi connectivity index (χ1) is 9.79. The van der Waals surface area contributed by atoms with Gasteiger partial charge in [-0.2, -0.15) is 0 Å². The predicted octanol–water partition coefficient (Wildman–Crippen LogP) is 3.75. The Kier molecular flexibility index (Phi) is 2.42. The normalized spacial score (nSPS) is 13.7. The molecule has 0 spiro atoms. The highest BCUT2D eigenvalue weighted by atomic mass is 19.1. The summed E-state index contributed by atoms with van der Waals surface area (Å²) in [7, 11) is 0. The summed E-state index contributed by atoms with van der Waals surface area (Å²) in [6.45, 7) is 1.15. The summed E-state index contributed by atoms with van der Waals surface area (Å²) in [6, 6.07) is 12.5. The molecular formula is C16H12FNO2. The molecule has 0 bridgehead atoms. The zero-order valence-electron chi connectivity index (χ0n) is 10.7. The van der Waals surface area contributed by atoms with Crippen LogP contribution in [0, 0.1) is 5.82 Å². The molecule has 20 heavy (non-hydrogen) atoms. The molecule has 2 aromatic carbocycles. The Morgan fingerprint density at radius 3 is 2.65 bits per heavy atom. The van der Waals surface area contributed by atoms with Gasteiger partial charge < -0.3 is 14.5 Å². The van der Waals surface area contributed by atoms with Crippen molar-refractivity contribution in [2.45, 2.75) is 0 Å². The molecule has 1 aliphatic rings. The van der Waals surface area contributed by atoms with Crippen molar-refractivity contribution >= 4 is 10.9 Å². The lowest BCUT2D eigenvalue weighted by Crippen LogP contribution is -2.15. The average molecular weight is 269 g/mol. The first-order valence-electron chi connectivity index (χ1n) is 6.48. The van der Waals surface area contributed by atoms with E-state index < -0.39 is 0 Å². The van der Waals surface area contributed by atoms with Crippen LogP contribution in [0.3, 0.4) is 0 Å². The van der Waals surface area contributed by atoms with E-state index in [0.29, 0.717) is 13.2 Å². The molecule has 0 radical (unpaired) electrons. The molecule has 2 heterocycles. The predicted molar refractivity (Wildman–Crippen MR) is 74.7 cm³/mol. The van der Waals surface area contributed by atoms with E-state index in [-0.39, 0.29) is 5.82 Å². The fourth-order valence-corrected chi connectivity index (χ4v) is 2.47. The molecule has 100 valence electrons. The van der Waals surface area contributed by atoms with Crippen molar-refractivity contribution in [1.82, 2.24) is 4.98 Å². The van der Waals surface area contributed by atoms with E-state index in [1.165, 1.54) is 12.1 Å². The molecule has 0 unspecified atom stereocenters. The largest absolute Gasteiger partial charge is 0.486 e. The fourth-order valence-electron chi connectivity index (χ4n) is 2.47. The quantitative estimate of drug-likeness (QED) is 0.730. The molecule has 1 aliphatic heterocycles. The minimum Gasteiger partial charge on any atom is -0.486 e. The van der Waals surface area contributed by atoms with Crippen LogP contribution in [-0.4, -0.2) is 18.2 Å². The third-order valence-electron chi connectivity index (χ3n) is 3.44. The monoisotopic (exact) mass is 269 g/mol. The van der Waals surface area contributed by atoms with Crippen LogP contribution in [-0.2, 0) is 0 Å². The van der Waals surface area contributed by atoms with Gasteiger partial charge in [0.2, 0.25) is 0 Å². The molecule has 0 fully saturated rings. The number of hydrogen-bond donors (Lipinski definition) is 1. The van der Waals surface area contributed by atoms with Gasteiger partial charge in [0.25, 0.3) is 0 Å². The van der Waals surface area contributed by atoms with Gasteiger partial charge in [0, 0.05) is 22.2 Å². The van der Waals surface area contributed by atoms with Crippen LogP contribution in [0.25, 0.3) is 22.2 Å². The van der Waals surface area contributed by atoms with Gasteiger partial charge in [-0.1, -0.05) is 0 Å². The number of H-pyrrole nitrogens is 1. The maximum absolute atomic E-state index is 13.2. The van der Waals surface area contributed by atoms with E-state index in [2.05, 4.69) is 4.98 Å². The lowest BCUT2D eigenvalue weighted by molar-refractivity contribution is 0.171. The third-order valence-corrected chi connectivity index (χ3v) is 3.44.